The summed E-state index contributed by atoms with van der Waals surface area (Å²) < 4.78 is 0. The predicted molar refractivity (Wildman–Crippen MR) is 107 cm³/mol. The predicted octanol–water partition coefficient (Wildman–Crippen LogP) is 4.30. The highest BCUT2D eigenvalue weighted by molar-refractivity contribution is 5.88. The van der Waals surface area contributed by atoms with E-state index in [-0.39, 0.29) is 5.92 Å². The lowest BCUT2D eigenvalue weighted by Crippen LogP contribution is -2.52. The van der Waals surface area contributed by atoms with Gasteiger partial charge >= 0.3 is 0 Å². The number of hydrogen-bond donors (Lipinski definition) is 0. The summed E-state index contributed by atoms with van der Waals surface area (Å²) in [4.78, 5) is 26.8. The molecular weight excluding hydrogens is 346 g/mol. The molecule has 4 aliphatic carbocycles. The monoisotopic (exact) mass is 375 g/mol. The van der Waals surface area contributed by atoms with Crippen molar-refractivity contribution in [2.24, 2.45) is 35.0 Å². The molecule has 1 unspecified atom stereocenters. The van der Waals surface area contributed by atoms with Crippen LogP contribution in [0.4, 0.5) is 0 Å². The number of rotatable bonds is 6. The number of ketones is 1. The lowest BCUT2D eigenvalue weighted by molar-refractivity contribution is -0.145. The third-order valence-corrected chi connectivity index (χ3v) is 7.68. The highest BCUT2D eigenvalue weighted by atomic mass is 16.1. The molecule has 146 valence electrons. The van der Waals surface area contributed by atoms with Crippen LogP contribution in [0.3, 0.4) is 0 Å². The van der Waals surface area contributed by atoms with E-state index in [1.165, 1.54) is 37.7 Å². The molecule has 0 radical (unpaired) electrons. The molecule has 28 heavy (non-hydrogen) atoms. The number of Topliss-reactive ketones (excluding diaryl/α,β-unsaturated/α-hetero) is 1. The van der Waals surface area contributed by atoms with E-state index in [0.29, 0.717) is 24.0 Å². The second-order valence-corrected chi connectivity index (χ2v) is 9.79. The van der Waals surface area contributed by atoms with E-state index >= 15 is 0 Å². The van der Waals surface area contributed by atoms with Gasteiger partial charge in [-0.15, -0.1) is 0 Å². The molecule has 0 aromatic carbocycles. The molecule has 2 aromatic heterocycles. The largest absolute Gasteiger partial charge is 0.299 e. The topological polar surface area (TPSA) is 55.7 Å². The standard InChI is InChI=1S/C24H29N3O/c1-24(13-16-2-5-25-6-3-16,14-21-4-7-26-15-27-21)23(28)22-19-9-17-8-18(11-19)12-20(22)10-17/h2-7,15,17-20,22H,8-14H2,1H3. The van der Waals surface area contributed by atoms with Crippen molar-refractivity contribution in [1.29, 1.82) is 0 Å². The van der Waals surface area contributed by atoms with E-state index in [0.717, 1.165) is 24.0 Å². The molecule has 4 fully saturated rings. The average Bonchev–Trinajstić information content (AvgIpc) is 2.68. The molecule has 4 saturated carbocycles. The Morgan fingerprint density at radius 2 is 1.57 bits per heavy atom. The van der Waals surface area contributed by atoms with E-state index < -0.39 is 5.41 Å². The van der Waals surface area contributed by atoms with Gasteiger partial charge in [0.1, 0.15) is 12.1 Å². The van der Waals surface area contributed by atoms with E-state index in [2.05, 4.69) is 21.9 Å². The highest BCUT2D eigenvalue weighted by Gasteiger charge is 2.53. The summed E-state index contributed by atoms with van der Waals surface area (Å²) in [6.45, 7) is 2.17. The van der Waals surface area contributed by atoms with Crippen molar-refractivity contribution in [2.75, 3.05) is 0 Å². The molecular formula is C24H29N3O. The zero-order valence-corrected chi connectivity index (χ0v) is 16.6. The number of hydrogen-bond acceptors (Lipinski definition) is 4. The van der Waals surface area contributed by atoms with Crippen LogP contribution >= 0.6 is 0 Å². The Kier molecular flexibility index (Phi) is 4.53. The van der Waals surface area contributed by atoms with Crippen molar-refractivity contribution >= 4 is 5.78 Å². The summed E-state index contributed by atoms with van der Waals surface area (Å²) in [5.74, 6) is 3.75. The van der Waals surface area contributed by atoms with Crippen molar-refractivity contribution in [3.05, 3.63) is 54.4 Å². The molecule has 2 heterocycles. The molecule has 0 N–H and O–H groups in total. The van der Waals surface area contributed by atoms with Gasteiger partial charge in [0.2, 0.25) is 0 Å². The fourth-order valence-corrected chi connectivity index (χ4v) is 6.77. The Morgan fingerprint density at radius 1 is 0.929 bits per heavy atom. The van der Waals surface area contributed by atoms with Crippen LogP contribution in [-0.4, -0.2) is 20.7 Å². The van der Waals surface area contributed by atoms with Crippen LogP contribution in [0.25, 0.3) is 0 Å². The van der Waals surface area contributed by atoms with Gasteiger partial charge in [-0.05, 0) is 86.0 Å². The lowest BCUT2D eigenvalue weighted by Gasteiger charge is -2.55. The maximum absolute atomic E-state index is 14.1. The minimum Gasteiger partial charge on any atom is -0.299 e. The molecule has 4 aliphatic rings. The van der Waals surface area contributed by atoms with Gasteiger partial charge in [-0.25, -0.2) is 9.97 Å². The third-order valence-electron chi connectivity index (χ3n) is 7.68. The minimum absolute atomic E-state index is 0.251. The third kappa shape index (κ3) is 3.27. The van der Waals surface area contributed by atoms with E-state index in [9.17, 15) is 4.79 Å². The summed E-state index contributed by atoms with van der Waals surface area (Å²) >= 11 is 0. The zero-order chi connectivity index (χ0) is 19.1. The fraction of sp³-hybridized carbons (Fsp3) is 0.583. The molecule has 0 aliphatic heterocycles. The molecule has 4 nitrogen and oxygen atoms in total. The summed E-state index contributed by atoms with van der Waals surface area (Å²) in [7, 11) is 0. The molecule has 0 saturated heterocycles. The van der Waals surface area contributed by atoms with Crippen LogP contribution in [0.2, 0.25) is 0 Å². The zero-order valence-electron chi connectivity index (χ0n) is 16.6. The van der Waals surface area contributed by atoms with Crippen LogP contribution < -0.4 is 0 Å². The Hall–Kier alpha value is -2.10. The van der Waals surface area contributed by atoms with Crippen molar-refractivity contribution in [2.45, 2.75) is 51.9 Å². The molecule has 2 aromatic rings. The summed E-state index contributed by atoms with van der Waals surface area (Å²) in [5, 5.41) is 0. The highest BCUT2D eigenvalue weighted by Crippen LogP contribution is 2.58. The summed E-state index contributed by atoms with van der Waals surface area (Å²) in [6, 6.07) is 6.04. The van der Waals surface area contributed by atoms with Gasteiger partial charge in [0.15, 0.2) is 0 Å². The Morgan fingerprint density at radius 3 is 2.18 bits per heavy atom. The molecule has 6 rings (SSSR count). The van der Waals surface area contributed by atoms with Crippen molar-refractivity contribution in [1.82, 2.24) is 15.0 Å². The van der Waals surface area contributed by atoms with Crippen LogP contribution in [0.5, 0.6) is 0 Å². The van der Waals surface area contributed by atoms with Crippen LogP contribution in [-0.2, 0) is 17.6 Å². The number of nitrogens with zero attached hydrogens (tertiary/aromatic N) is 3. The minimum atomic E-state index is -0.435. The first-order valence-corrected chi connectivity index (χ1v) is 10.8. The van der Waals surface area contributed by atoms with Crippen LogP contribution in [0.1, 0.15) is 50.3 Å². The smallest absolute Gasteiger partial charge is 0.143 e. The van der Waals surface area contributed by atoms with Crippen molar-refractivity contribution in [3.63, 3.8) is 0 Å². The van der Waals surface area contributed by atoms with E-state index in [1.807, 2.05) is 30.6 Å². The fourth-order valence-electron chi connectivity index (χ4n) is 6.77. The van der Waals surface area contributed by atoms with Gasteiger partial charge in [-0.1, -0.05) is 6.92 Å². The van der Waals surface area contributed by atoms with Gasteiger partial charge in [-0.2, -0.15) is 0 Å². The van der Waals surface area contributed by atoms with Crippen LogP contribution in [0.15, 0.2) is 43.1 Å². The van der Waals surface area contributed by atoms with Gasteiger partial charge in [0, 0.05) is 42.0 Å². The quantitative estimate of drug-likeness (QED) is 0.755. The molecule has 0 spiro atoms. The molecule has 0 amide bonds. The normalized spacial score (nSPS) is 32.8. The Labute approximate surface area is 167 Å². The van der Waals surface area contributed by atoms with Gasteiger partial charge in [0.05, 0.1) is 0 Å². The van der Waals surface area contributed by atoms with Gasteiger partial charge in [0.25, 0.3) is 0 Å². The first-order chi connectivity index (χ1) is 13.6. The summed E-state index contributed by atoms with van der Waals surface area (Å²) in [5.41, 5.74) is 1.71. The number of aromatic nitrogens is 3. The maximum atomic E-state index is 14.1. The first kappa shape index (κ1) is 18.0. The molecule has 4 bridgehead atoms. The van der Waals surface area contributed by atoms with Crippen molar-refractivity contribution in [3.8, 4) is 0 Å². The molecule has 1 atom stereocenters. The first-order valence-electron chi connectivity index (χ1n) is 10.8. The summed E-state index contributed by atoms with van der Waals surface area (Å²) in [6.07, 6.45) is 15.0. The molecule has 4 heteroatoms. The second-order valence-electron chi connectivity index (χ2n) is 9.79. The average molecular weight is 376 g/mol. The SMILES string of the molecule is CC(Cc1ccncc1)(Cc1ccncn1)C(=O)C1C2CC3CC(C2)CC1C3. The second kappa shape index (κ2) is 7.06. The van der Waals surface area contributed by atoms with Crippen LogP contribution in [0, 0.1) is 35.0 Å². The Balaban J connectivity index is 1.46. The lowest BCUT2D eigenvalue weighted by atomic mass is 9.49. The van der Waals surface area contributed by atoms with Gasteiger partial charge in [-0.3, -0.25) is 9.78 Å². The van der Waals surface area contributed by atoms with E-state index in [4.69, 9.17) is 0 Å². The number of carbonyl (C=O) groups excluding carboxylic acids is 1. The van der Waals surface area contributed by atoms with Gasteiger partial charge < -0.3 is 0 Å². The number of pyridine rings is 1. The Bertz CT molecular complexity index is 766. The maximum Gasteiger partial charge on any atom is 0.143 e. The number of carbonyl (C=O) groups is 1. The van der Waals surface area contributed by atoms with Crippen molar-refractivity contribution < 1.29 is 4.79 Å². The van der Waals surface area contributed by atoms with E-state index in [1.54, 1.807) is 12.5 Å².